The topological polar surface area (TPSA) is 70.7 Å². The summed E-state index contributed by atoms with van der Waals surface area (Å²) in [6, 6.07) is 10.1. The van der Waals surface area contributed by atoms with Crippen LogP contribution in [-0.2, 0) is 4.74 Å². The fraction of sp³-hybridized carbons (Fsp3) is 0.520. The van der Waals surface area contributed by atoms with Gasteiger partial charge in [0, 0.05) is 46.8 Å². The summed E-state index contributed by atoms with van der Waals surface area (Å²) >= 11 is 0. The number of likely N-dealkylation sites (tertiary alicyclic amines) is 1. The molecule has 0 atom stereocenters. The maximum absolute atomic E-state index is 12.2. The predicted molar refractivity (Wildman–Crippen MR) is 129 cm³/mol. The van der Waals surface area contributed by atoms with Crippen molar-refractivity contribution in [1.29, 1.82) is 0 Å². The van der Waals surface area contributed by atoms with Crippen LogP contribution in [0.4, 0.5) is 16.2 Å². The number of piperidine rings is 1. The molecule has 2 aliphatic rings. The molecule has 2 heterocycles. The second kappa shape index (κ2) is 10.5. The number of nitrogens with one attached hydrogen (secondary N) is 2. The molecule has 0 unspecified atom stereocenters. The van der Waals surface area contributed by atoms with Gasteiger partial charge >= 0.3 is 6.09 Å². The molecule has 0 spiro atoms. The second-order valence-electron chi connectivity index (χ2n) is 8.23. The van der Waals surface area contributed by atoms with Crippen molar-refractivity contribution in [2.45, 2.75) is 73.0 Å². The first kappa shape index (κ1) is 24.5. The van der Waals surface area contributed by atoms with Crippen LogP contribution in [0.15, 0.2) is 30.3 Å². The van der Waals surface area contributed by atoms with Crippen molar-refractivity contribution in [3.63, 3.8) is 0 Å². The molecule has 1 saturated heterocycles. The Bertz CT molecular complexity index is 910. The Morgan fingerprint density at radius 3 is 2.32 bits per heavy atom. The van der Waals surface area contributed by atoms with Crippen LogP contribution in [0.3, 0.4) is 0 Å². The number of hydrogen-bond acceptors (Lipinski definition) is 4. The zero-order valence-electron chi connectivity index (χ0n) is 20.0. The summed E-state index contributed by atoms with van der Waals surface area (Å²) in [7, 11) is 0. The fourth-order valence-electron chi connectivity index (χ4n) is 3.77. The average molecular weight is 428 g/mol. The Balaban J connectivity index is 0.000000807. The Morgan fingerprint density at radius 2 is 1.71 bits per heavy atom. The van der Waals surface area contributed by atoms with Gasteiger partial charge in [-0.05, 0) is 51.8 Å². The smallest absolute Gasteiger partial charge is 0.410 e. The van der Waals surface area contributed by atoms with E-state index in [0.717, 1.165) is 40.6 Å². The van der Waals surface area contributed by atoms with E-state index in [2.05, 4.69) is 10.6 Å². The van der Waals surface area contributed by atoms with Crippen LogP contribution in [0, 0.1) is 0 Å². The summed E-state index contributed by atoms with van der Waals surface area (Å²) < 4.78 is 5.46. The van der Waals surface area contributed by atoms with Gasteiger partial charge in [-0.1, -0.05) is 39.8 Å². The molecular formula is C25H37N3O3. The van der Waals surface area contributed by atoms with Gasteiger partial charge in [0.1, 0.15) is 5.60 Å². The molecule has 4 rings (SSSR count). The first-order valence-electron chi connectivity index (χ1n) is 11.4. The van der Waals surface area contributed by atoms with E-state index in [-0.39, 0.29) is 18.0 Å². The highest BCUT2D eigenvalue weighted by atomic mass is 16.6. The molecule has 6 nitrogen and oxygen atoms in total. The monoisotopic (exact) mass is 427 g/mol. The summed E-state index contributed by atoms with van der Waals surface area (Å²) in [5.74, 6) is -0.0431. The molecule has 6 heteroatoms. The first-order chi connectivity index (χ1) is 14.8. The minimum atomic E-state index is -0.470. The van der Waals surface area contributed by atoms with E-state index in [0.29, 0.717) is 13.1 Å². The van der Waals surface area contributed by atoms with Crippen LogP contribution < -0.4 is 10.6 Å². The van der Waals surface area contributed by atoms with Crippen LogP contribution in [-0.4, -0.2) is 41.6 Å². The lowest BCUT2D eigenvalue weighted by Gasteiger charge is -2.34. The van der Waals surface area contributed by atoms with E-state index in [9.17, 15) is 9.59 Å². The summed E-state index contributed by atoms with van der Waals surface area (Å²) in [4.78, 5) is 26.1. The molecule has 0 saturated carbocycles. The van der Waals surface area contributed by atoms with Gasteiger partial charge in [-0.15, -0.1) is 0 Å². The van der Waals surface area contributed by atoms with Crippen LogP contribution in [0.1, 0.15) is 71.7 Å². The maximum Gasteiger partial charge on any atom is 0.410 e. The zero-order valence-corrected chi connectivity index (χ0v) is 20.0. The van der Waals surface area contributed by atoms with Crippen molar-refractivity contribution in [1.82, 2.24) is 4.90 Å². The van der Waals surface area contributed by atoms with Crippen molar-refractivity contribution in [3.8, 4) is 0 Å². The third-order valence-corrected chi connectivity index (χ3v) is 5.04. The van der Waals surface area contributed by atoms with Crippen molar-refractivity contribution >= 4 is 34.1 Å². The van der Waals surface area contributed by atoms with Crippen LogP contribution in [0.5, 0.6) is 0 Å². The molecular weight excluding hydrogens is 390 g/mol. The predicted octanol–water partition coefficient (Wildman–Crippen LogP) is 6.27. The summed E-state index contributed by atoms with van der Waals surface area (Å²) in [6.45, 7) is 15.0. The van der Waals surface area contributed by atoms with Gasteiger partial charge in [-0.2, -0.15) is 0 Å². The molecule has 0 aliphatic carbocycles. The molecule has 2 aromatic rings. The molecule has 2 amide bonds. The highest BCUT2D eigenvalue weighted by Gasteiger charge is 2.28. The van der Waals surface area contributed by atoms with Crippen molar-refractivity contribution in [3.05, 3.63) is 35.9 Å². The number of nitrogens with zero attached hydrogens (tertiary/aromatic N) is 1. The molecule has 170 valence electrons. The molecule has 31 heavy (non-hydrogen) atoms. The lowest BCUT2D eigenvalue weighted by molar-refractivity contribution is 0.0210. The lowest BCUT2D eigenvalue weighted by atomic mass is 10.0. The Kier molecular flexibility index (Phi) is 8.31. The summed E-state index contributed by atoms with van der Waals surface area (Å²) in [5.41, 5.74) is 2.16. The third kappa shape index (κ3) is 5.69. The molecule has 0 bridgehead atoms. The van der Waals surface area contributed by atoms with Crippen molar-refractivity contribution in [2.24, 2.45) is 0 Å². The SMILES string of the molecule is CC.CC.CC(C)(C)OC(=O)N1CCC(Nc2ccc3c4c(cccc24)C(=O)N3)CC1. The van der Waals surface area contributed by atoms with Crippen molar-refractivity contribution < 1.29 is 14.3 Å². The Labute approximate surface area is 186 Å². The minimum absolute atomic E-state index is 0.0431. The standard InChI is InChI=1S/C21H25N3O3.2C2H6/c1-21(2,3)27-20(26)24-11-9-13(10-12-24)22-16-7-8-17-18-14(16)5-4-6-15(18)19(25)23-17;2*1-2/h4-8,13,22H,9-12H2,1-3H3,(H,23,25);2*1-2H3. The van der Waals surface area contributed by atoms with Gasteiger partial charge in [0.2, 0.25) is 0 Å². The number of rotatable bonds is 2. The number of hydrogen-bond donors (Lipinski definition) is 2. The molecule has 2 aliphatic heterocycles. The molecule has 1 fully saturated rings. The third-order valence-electron chi connectivity index (χ3n) is 5.04. The first-order valence-corrected chi connectivity index (χ1v) is 11.4. The normalized spacial score (nSPS) is 15.3. The Morgan fingerprint density at radius 1 is 1.06 bits per heavy atom. The molecule has 0 aromatic heterocycles. The maximum atomic E-state index is 12.2. The number of ether oxygens (including phenoxy) is 1. The fourth-order valence-corrected chi connectivity index (χ4v) is 3.77. The number of amides is 2. The number of benzene rings is 2. The zero-order chi connectivity index (χ0) is 23.2. The Hall–Kier alpha value is -2.76. The van der Waals surface area contributed by atoms with Crippen molar-refractivity contribution in [2.75, 3.05) is 23.7 Å². The largest absolute Gasteiger partial charge is 0.444 e. The van der Waals surface area contributed by atoms with Crippen LogP contribution in [0.25, 0.3) is 10.8 Å². The van der Waals surface area contributed by atoms with Gasteiger partial charge in [-0.25, -0.2) is 4.79 Å². The lowest BCUT2D eigenvalue weighted by Crippen LogP contribution is -2.44. The van der Waals surface area contributed by atoms with E-state index < -0.39 is 5.60 Å². The minimum Gasteiger partial charge on any atom is -0.444 e. The van der Waals surface area contributed by atoms with E-state index in [4.69, 9.17) is 4.74 Å². The van der Waals surface area contributed by atoms with E-state index >= 15 is 0 Å². The van der Waals surface area contributed by atoms with Crippen LogP contribution >= 0.6 is 0 Å². The van der Waals surface area contributed by atoms with Gasteiger partial charge in [-0.3, -0.25) is 4.79 Å². The second-order valence-corrected chi connectivity index (χ2v) is 8.23. The van der Waals surface area contributed by atoms with Gasteiger partial charge in [0.25, 0.3) is 5.91 Å². The average Bonchev–Trinajstić information content (AvgIpc) is 3.09. The van der Waals surface area contributed by atoms with Crippen LogP contribution in [0.2, 0.25) is 0 Å². The highest BCUT2D eigenvalue weighted by Crippen LogP contribution is 2.37. The quantitative estimate of drug-likeness (QED) is 0.592. The molecule has 2 N–H and O–H groups in total. The van der Waals surface area contributed by atoms with Gasteiger partial charge in [0.05, 0.1) is 0 Å². The van der Waals surface area contributed by atoms with Gasteiger partial charge in [0.15, 0.2) is 0 Å². The molecule has 0 radical (unpaired) electrons. The number of anilines is 2. The van der Waals surface area contributed by atoms with E-state index in [1.807, 2.05) is 78.8 Å². The number of carbonyl (C=O) groups excluding carboxylic acids is 2. The van der Waals surface area contributed by atoms with Gasteiger partial charge < -0.3 is 20.3 Å². The summed E-state index contributed by atoms with van der Waals surface area (Å²) in [5, 5.41) is 8.56. The van der Waals surface area contributed by atoms with E-state index in [1.165, 1.54) is 0 Å². The van der Waals surface area contributed by atoms with E-state index in [1.54, 1.807) is 4.90 Å². The summed E-state index contributed by atoms with van der Waals surface area (Å²) in [6.07, 6.45) is 1.48. The highest BCUT2D eigenvalue weighted by molar-refractivity contribution is 6.25. The number of carbonyl (C=O) groups is 2. The molecule has 2 aromatic carbocycles.